The quantitative estimate of drug-likeness (QED) is 0.780. The van der Waals surface area contributed by atoms with Crippen LogP contribution in [0.2, 0.25) is 0 Å². The van der Waals surface area contributed by atoms with Crippen LogP contribution in [0.1, 0.15) is 17.3 Å². The zero-order valence-electron chi connectivity index (χ0n) is 9.94. The first-order valence-electron chi connectivity index (χ1n) is 5.67. The van der Waals surface area contributed by atoms with E-state index in [4.69, 9.17) is 15.2 Å². The number of ether oxygens (including phenoxy) is 2. The highest BCUT2D eigenvalue weighted by molar-refractivity contribution is 5.99. The van der Waals surface area contributed by atoms with E-state index < -0.39 is 0 Å². The van der Waals surface area contributed by atoms with Crippen LogP contribution >= 0.6 is 0 Å². The molecule has 0 bridgehead atoms. The van der Waals surface area contributed by atoms with E-state index in [2.05, 4.69) is 6.92 Å². The molecular formula is C13H17NO3. The molecule has 2 N–H and O–H groups in total. The van der Waals surface area contributed by atoms with Crippen LogP contribution in [-0.4, -0.2) is 32.1 Å². The van der Waals surface area contributed by atoms with Gasteiger partial charge in [-0.15, -0.1) is 0 Å². The second-order valence-corrected chi connectivity index (χ2v) is 4.72. The van der Waals surface area contributed by atoms with Gasteiger partial charge in [-0.1, -0.05) is 19.1 Å². The number of ketones is 1. The third-order valence-electron chi connectivity index (χ3n) is 2.85. The summed E-state index contributed by atoms with van der Waals surface area (Å²) in [5, 5.41) is 0. The van der Waals surface area contributed by atoms with Crippen molar-refractivity contribution in [1.29, 1.82) is 0 Å². The zero-order chi connectivity index (χ0) is 12.3. The van der Waals surface area contributed by atoms with Crippen molar-refractivity contribution in [2.45, 2.75) is 6.92 Å². The van der Waals surface area contributed by atoms with Crippen LogP contribution in [0.15, 0.2) is 24.3 Å². The van der Waals surface area contributed by atoms with Crippen molar-refractivity contribution in [2.75, 3.05) is 26.4 Å². The van der Waals surface area contributed by atoms with Crippen LogP contribution in [0.25, 0.3) is 0 Å². The van der Waals surface area contributed by atoms with Crippen molar-refractivity contribution < 1.29 is 14.3 Å². The summed E-state index contributed by atoms with van der Waals surface area (Å²) in [4.78, 5) is 11.6. The molecule has 1 heterocycles. The minimum absolute atomic E-state index is 0.000746. The van der Waals surface area contributed by atoms with E-state index >= 15 is 0 Å². The summed E-state index contributed by atoms with van der Waals surface area (Å²) in [6.07, 6.45) is 0. The summed E-state index contributed by atoms with van der Waals surface area (Å²) < 4.78 is 10.9. The third kappa shape index (κ3) is 2.65. The molecule has 92 valence electrons. The largest absolute Gasteiger partial charge is 0.492 e. The van der Waals surface area contributed by atoms with E-state index in [0.717, 1.165) is 0 Å². The van der Waals surface area contributed by atoms with Crippen molar-refractivity contribution in [3.05, 3.63) is 29.8 Å². The Bertz CT molecular complexity index is 413. The number of hydrogen-bond donors (Lipinski definition) is 1. The summed E-state index contributed by atoms with van der Waals surface area (Å²) in [6, 6.07) is 7.20. The fraction of sp³-hybridized carbons (Fsp3) is 0.462. The van der Waals surface area contributed by atoms with Crippen molar-refractivity contribution in [3.8, 4) is 5.75 Å². The van der Waals surface area contributed by atoms with Gasteiger partial charge in [0.2, 0.25) is 0 Å². The fourth-order valence-electron chi connectivity index (χ4n) is 1.72. The Morgan fingerprint density at radius 3 is 2.76 bits per heavy atom. The van der Waals surface area contributed by atoms with Crippen LogP contribution in [0.3, 0.4) is 0 Å². The zero-order valence-corrected chi connectivity index (χ0v) is 9.94. The van der Waals surface area contributed by atoms with Crippen LogP contribution in [0.5, 0.6) is 5.75 Å². The number of para-hydroxylation sites is 1. The lowest BCUT2D eigenvalue weighted by atomic mass is 9.90. The smallest absolute Gasteiger partial charge is 0.180 e. The van der Waals surface area contributed by atoms with Gasteiger partial charge in [-0.2, -0.15) is 0 Å². The number of hydrogen-bond acceptors (Lipinski definition) is 4. The van der Waals surface area contributed by atoms with E-state index in [-0.39, 0.29) is 17.7 Å². The summed E-state index contributed by atoms with van der Waals surface area (Å²) in [5.41, 5.74) is 5.99. The van der Waals surface area contributed by atoms with Crippen molar-refractivity contribution >= 4 is 5.78 Å². The fourth-order valence-corrected chi connectivity index (χ4v) is 1.72. The van der Waals surface area contributed by atoms with Crippen LogP contribution in [-0.2, 0) is 4.74 Å². The summed E-state index contributed by atoms with van der Waals surface area (Å²) in [6.45, 7) is 4.08. The van der Waals surface area contributed by atoms with Crippen molar-refractivity contribution in [1.82, 2.24) is 0 Å². The molecule has 0 unspecified atom stereocenters. The average molecular weight is 235 g/mol. The van der Waals surface area contributed by atoms with Crippen molar-refractivity contribution in [3.63, 3.8) is 0 Å². The lowest BCUT2D eigenvalue weighted by molar-refractivity contribution is -0.120. The predicted octanol–water partition coefficient (Wildman–Crippen LogP) is 1.24. The SMILES string of the molecule is CC1(COc2ccccc2C(=O)CN)COC1. The van der Waals surface area contributed by atoms with Crippen molar-refractivity contribution in [2.24, 2.45) is 11.1 Å². The minimum atomic E-state index is -0.101. The number of Topliss-reactive ketones (excluding diaryl/α,β-unsaturated/α-hetero) is 1. The van der Waals surface area contributed by atoms with Gasteiger partial charge in [0.05, 0.1) is 31.9 Å². The average Bonchev–Trinajstić information content (AvgIpc) is 2.33. The molecule has 4 heteroatoms. The van der Waals surface area contributed by atoms with Gasteiger partial charge >= 0.3 is 0 Å². The standard InChI is InChI=1S/C13H17NO3/c1-13(7-16-8-13)9-17-12-5-3-2-4-10(12)11(15)6-14/h2-5H,6-9,14H2,1H3. The molecule has 0 aromatic heterocycles. The number of carbonyl (C=O) groups is 1. The predicted molar refractivity (Wildman–Crippen MR) is 64.2 cm³/mol. The molecule has 0 aliphatic carbocycles. The van der Waals surface area contributed by atoms with Gasteiger partial charge in [-0.3, -0.25) is 4.79 Å². The molecule has 1 aliphatic rings. The molecule has 0 saturated carbocycles. The minimum Gasteiger partial charge on any atom is -0.492 e. The summed E-state index contributed by atoms with van der Waals surface area (Å²) >= 11 is 0. The van der Waals surface area contributed by atoms with Gasteiger partial charge in [-0.05, 0) is 12.1 Å². The normalized spacial score (nSPS) is 17.3. The first-order valence-corrected chi connectivity index (χ1v) is 5.67. The molecule has 1 fully saturated rings. The van der Waals surface area contributed by atoms with Gasteiger partial charge in [0, 0.05) is 5.41 Å². The lowest BCUT2D eigenvalue weighted by Crippen LogP contribution is -2.44. The van der Waals surface area contributed by atoms with Gasteiger partial charge in [0.25, 0.3) is 0 Å². The topological polar surface area (TPSA) is 61.5 Å². The first-order chi connectivity index (χ1) is 8.14. The Balaban J connectivity index is 2.07. The number of nitrogens with two attached hydrogens (primary N) is 1. The van der Waals surface area contributed by atoms with E-state index in [1.807, 2.05) is 12.1 Å². The van der Waals surface area contributed by atoms with Gasteiger partial charge in [0.15, 0.2) is 5.78 Å². The molecule has 1 aliphatic heterocycles. The maximum Gasteiger partial charge on any atom is 0.180 e. The Kier molecular flexibility index (Phi) is 3.45. The van der Waals surface area contributed by atoms with E-state index in [1.165, 1.54) is 0 Å². The van der Waals surface area contributed by atoms with Crippen LogP contribution < -0.4 is 10.5 Å². The van der Waals surface area contributed by atoms with Gasteiger partial charge < -0.3 is 15.2 Å². The highest BCUT2D eigenvalue weighted by atomic mass is 16.5. The summed E-state index contributed by atoms with van der Waals surface area (Å²) in [7, 11) is 0. The molecule has 17 heavy (non-hydrogen) atoms. The van der Waals surface area contributed by atoms with Gasteiger partial charge in [0.1, 0.15) is 5.75 Å². The second kappa shape index (κ2) is 4.85. The highest BCUT2D eigenvalue weighted by Gasteiger charge is 2.34. The number of carbonyl (C=O) groups excluding carboxylic acids is 1. The molecule has 0 spiro atoms. The molecule has 1 aromatic rings. The molecule has 1 saturated heterocycles. The summed E-state index contributed by atoms with van der Waals surface area (Å²) in [5.74, 6) is 0.506. The molecule has 0 amide bonds. The monoisotopic (exact) mass is 235 g/mol. The van der Waals surface area contributed by atoms with Gasteiger partial charge in [-0.25, -0.2) is 0 Å². The van der Waals surface area contributed by atoms with E-state index in [1.54, 1.807) is 12.1 Å². The Morgan fingerprint density at radius 1 is 1.47 bits per heavy atom. The second-order valence-electron chi connectivity index (χ2n) is 4.72. The third-order valence-corrected chi connectivity index (χ3v) is 2.85. The molecule has 0 radical (unpaired) electrons. The molecular weight excluding hydrogens is 218 g/mol. The van der Waals surface area contributed by atoms with E-state index in [9.17, 15) is 4.79 Å². The molecule has 2 rings (SSSR count). The van der Waals surface area contributed by atoms with Crippen LogP contribution in [0, 0.1) is 5.41 Å². The maximum absolute atomic E-state index is 11.6. The highest BCUT2D eigenvalue weighted by Crippen LogP contribution is 2.28. The Hall–Kier alpha value is -1.39. The Labute approximate surface area is 101 Å². The van der Waals surface area contributed by atoms with Crippen LogP contribution in [0.4, 0.5) is 0 Å². The van der Waals surface area contributed by atoms with E-state index in [0.29, 0.717) is 31.1 Å². The number of rotatable bonds is 5. The Morgan fingerprint density at radius 2 is 2.18 bits per heavy atom. The molecule has 1 aromatic carbocycles. The molecule has 0 atom stereocenters. The number of benzene rings is 1. The first kappa shape index (κ1) is 12.1. The molecule has 4 nitrogen and oxygen atoms in total. The maximum atomic E-state index is 11.6. The lowest BCUT2D eigenvalue weighted by Gasteiger charge is -2.37.